The summed E-state index contributed by atoms with van der Waals surface area (Å²) in [5.74, 6) is 1.84. The molecule has 0 atom stereocenters. The highest BCUT2D eigenvalue weighted by atomic mass is 16.3. The average Bonchev–Trinajstić information content (AvgIpc) is 2.45. The van der Waals surface area contributed by atoms with Crippen molar-refractivity contribution in [2.75, 3.05) is 18.0 Å². The summed E-state index contributed by atoms with van der Waals surface area (Å²) in [7, 11) is 0. The van der Waals surface area contributed by atoms with Gasteiger partial charge in [-0.25, -0.2) is 4.98 Å². The maximum absolute atomic E-state index is 9.43. The van der Waals surface area contributed by atoms with Gasteiger partial charge in [-0.1, -0.05) is 30.7 Å². The molecule has 3 rings (SSSR count). The van der Waals surface area contributed by atoms with Crippen molar-refractivity contribution in [2.45, 2.75) is 32.8 Å². The summed E-state index contributed by atoms with van der Waals surface area (Å²) < 4.78 is 0. The average molecular weight is 270 g/mol. The molecule has 0 unspecified atom stereocenters. The summed E-state index contributed by atoms with van der Waals surface area (Å²) >= 11 is 0. The number of pyridine rings is 1. The number of rotatable bonds is 5. The fourth-order valence-electron chi connectivity index (χ4n) is 2.91. The predicted octanol–water partition coefficient (Wildman–Crippen LogP) is 3.35. The second kappa shape index (κ2) is 5.80. The summed E-state index contributed by atoms with van der Waals surface area (Å²) in [4.78, 5) is 7.04. The van der Waals surface area contributed by atoms with Crippen molar-refractivity contribution in [3.63, 3.8) is 0 Å². The SMILES string of the molecule is CCN(CC1CCC1)c1nc(CO)cc2ccccc12. The van der Waals surface area contributed by atoms with Crippen LogP contribution in [0.1, 0.15) is 31.9 Å². The lowest BCUT2D eigenvalue weighted by Crippen LogP contribution is -2.33. The van der Waals surface area contributed by atoms with Crippen LogP contribution in [0.15, 0.2) is 30.3 Å². The Bertz CT molecular complexity index is 593. The van der Waals surface area contributed by atoms with Gasteiger partial charge in [-0.15, -0.1) is 0 Å². The van der Waals surface area contributed by atoms with Gasteiger partial charge in [0.15, 0.2) is 0 Å². The Labute approximate surface area is 120 Å². The Hall–Kier alpha value is -1.61. The highest BCUT2D eigenvalue weighted by molar-refractivity contribution is 5.92. The van der Waals surface area contributed by atoms with E-state index in [2.05, 4.69) is 35.0 Å². The molecule has 0 amide bonds. The lowest BCUT2D eigenvalue weighted by molar-refractivity contribution is 0.277. The summed E-state index contributed by atoms with van der Waals surface area (Å²) in [5.41, 5.74) is 0.755. The molecule has 1 aliphatic rings. The number of benzene rings is 1. The number of aliphatic hydroxyl groups excluding tert-OH is 1. The molecular weight excluding hydrogens is 248 g/mol. The van der Waals surface area contributed by atoms with E-state index in [0.29, 0.717) is 0 Å². The minimum atomic E-state index is -0.00117. The van der Waals surface area contributed by atoms with Crippen LogP contribution >= 0.6 is 0 Å². The van der Waals surface area contributed by atoms with Crippen LogP contribution in [0, 0.1) is 5.92 Å². The first-order chi connectivity index (χ1) is 9.81. The summed E-state index contributed by atoms with van der Waals surface area (Å²) in [6, 6.07) is 10.3. The Balaban J connectivity index is 2.02. The lowest BCUT2D eigenvalue weighted by Gasteiger charge is -2.33. The highest BCUT2D eigenvalue weighted by Gasteiger charge is 2.22. The van der Waals surface area contributed by atoms with E-state index >= 15 is 0 Å². The van der Waals surface area contributed by atoms with Gasteiger partial charge in [-0.05, 0) is 37.1 Å². The number of nitrogens with zero attached hydrogens (tertiary/aromatic N) is 2. The Kier molecular flexibility index (Phi) is 3.88. The molecular formula is C17H22N2O. The Morgan fingerprint density at radius 2 is 2.10 bits per heavy atom. The molecule has 3 heteroatoms. The number of fused-ring (bicyclic) bond motifs is 1. The normalized spacial score (nSPS) is 15.3. The maximum Gasteiger partial charge on any atom is 0.136 e. The van der Waals surface area contributed by atoms with Crippen LogP contribution in [0.3, 0.4) is 0 Å². The van der Waals surface area contributed by atoms with Crippen LogP contribution in [0.5, 0.6) is 0 Å². The zero-order valence-electron chi connectivity index (χ0n) is 12.0. The molecule has 1 saturated carbocycles. The van der Waals surface area contributed by atoms with Crippen LogP contribution in [0.25, 0.3) is 10.8 Å². The van der Waals surface area contributed by atoms with E-state index in [1.54, 1.807) is 0 Å². The Morgan fingerprint density at radius 3 is 2.75 bits per heavy atom. The first-order valence-corrected chi connectivity index (χ1v) is 7.56. The zero-order valence-corrected chi connectivity index (χ0v) is 12.0. The maximum atomic E-state index is 9.43. The molecule has 20 heavy (non-hydrogen) atoms. The van der Waals surface area contributed by atoms with Gasteiger partial charge in [0.2, 0.25) is 0 Å². The van der Waals surface area contributed by atoms with Crippen molar-refractivity contribution in [1.82, 2.24) is 4.98 Å². The predicted molar refractivity (Wildman–Crippen MR) is 82.9 cm³/mol. The van der Waals surface area contributed by atoms with Crippen LogP contribution in [-0.4, -0.2) is 23.2 Å². The van der Waals surface area contributed by atoms with E-state index in [0.717, 1.165) is 35.9 Å². The van der Waals surface area contributed by atoms with Gasteiger partial charge in [-0.3, -0.25) is 0 Å². The van der Waals surface area contributed by atoms with Crippen molar-refractivity contribution in [3.05, 3.63) is 36.0 Å². The minimum Gasteiger partial charge on any atom is -0.390 e. The van der Waals surface area contributed by atoms with Gasteiger partial charge in [0.05, 0.1) is 12.3 Å². The van der Waals surface area contributed by atoms with Gasteiger partial charge in [0.1, 0.15) is 5.82 Å². The molecule has 0 aliphatic heterocycles. The standard InChI is InChI=1S/C17H22N2O/c1-2-19(11-13-6-5-7-13)17-16-9-4-3-8-14(16)10-15(12-20)18-17/h3-4,8-10,13,20H,2,5-7,11-12H2,1H3. The van der Waals surface area contributed by atoms with E-state index in [9.17, 15) is 5.11 Å². The molecule has 0 spiro atoms. The number of aromatic nitrogens is 1. The molecule has 3 nitrogen and oxygen atoms in total. The van der Waals surface area contributed by atoms with Crippen LogP contribution in [-0.2, 0) is 6.61 Å². The molecule has 0 radical (unpaired) electrons. The van der Waals surface area contributed by atoms with E-state index in [1.165, 1.54) is 24.6 Å². The summed E-state index contributed by atoms with van der Waals surface area (Å²) in [6.45, 7) is 4.23. The largest absolute Gasteiger partial charge is 0.390 e. The quantitative estimate of drug-likeness (QED) is 0.905. The smallest absolute Gasteiger partial charge is 0.136 e. The Morgan fingerprint density at radius 1 is 1.30 bits per heavy atom. The third-order valence-electron chi connectivity index (χ3n) is 4.32. The van der Waals surface area contributed by atoms with Gasteiger partial charge in [0, 0.05) is 18.5 Å². The topological polar surface area (TPSA) is 36.4 Å². The number of hydrogen-bond acceptors (Lipinski definition) is 3. The molecule has 1 aromatic carbocycles. The molecule has 0 saturated heterocycles. The lowest BCUT2D eigenvalue weighted by atomic mass is 9.85. The van der Waals surface area contributed by atoms with Gasteiger partial charge < -0.3 is 10.0 Å². The van der Waals surface area contributed by atoms with Crippen LogP contribution < -0.4 is 4.90 Å². The summed E-state index contributed by atoms with van der Waals surface area (Å²) in [5, 5.41) is 11.8. The highest BCUT2D eigenvalue weighted by Crippen LogP contribution is 2.31. The van der Waals surface area contributed by atoms with Crippen LogP contribution in [0.2, 0.25) is 0 Å². The van der Waals surface area contributed by atoms with Gasteiger partial charge >= 0.3 is 0 Å². The third-order valence-corrected chi connectivity index (χ3v) is 4.32. The molecule has 1 fully saturated rings. The molecule has 1 N–H and O–H groups in total. The first kappa shape index (κ1) is 13.4. The van der Waals surface area contributed by atoms with Gasteiger partial charge in [-0.2, -0.15) is 0 Å². The minimum absolute atomic E-state index is 0.00117. The summed E-state index contributed by atoms with van der Waals surface area (Å²) in [6.07, 6.45) is 4.05. The van der Waals surface area contributed by atoms with Crippen molar-refractivity contribution >= 4 is 16.6 Å². The van der Waals surface area contributed by atoms with E-state index < -0.39 is 0 Å². The number of aliphatic hydroxyl groups is 1. The fourth-order valence-corrected chi connectivity index (χ4v) is 2.91. The molecule has 106 valence electrons. The zero-order chi connectivity index (χ0) is 13.9. The van der Waals surface area contributed by atoms with Crippen molar-refractivity contribution in [3.8, 4) is 0 Å². The first-order valence-electron chi connectivity index (χ1n) is 7.56. The monoisotopic (exact) mass is 270 g/mol. The molecule has 0 bridgehead atoms. The van der Waals surface area contributed by atoms with Crippen molar-refractivity contribution < 1.29 is 5.11 Å². The molecule has 1 aromatic heterocycles. The van der Waals surface area contributed by atoms with Gasteiger partial charge in [0.25, 0.3) is 0 Å². The molecule has 1 heterocycles. The fraction of sp³-hybridized carbons (Fsp3) is 0.471. The van der Waals surface area contributed by atoms with Crippen LogP contribution in [0.4, 0.5) is 5.82 Å². The van der Waals surface area contributed by atoms with E-state index in [4.69, 9.17) is 0 Å². The van der Waals surface area contributed by atoms with E-state index in [-0.39, 0.29) is 6.61 Å². The molecule has 1 aliphatic carbocycles. The van der Waals surface area contributed by atoms with Crippen molar-refractivity contribution in [2.24, 2.45) is 5.92 Å². The van der Waals surface area contributed by atoms with Crippen molar-refractivity contribution in [1.29, 1.82) is 0 Å². The number of hydrogen-bond donors (Lipinski definition) is 1. The second-order valence-corrected chi connectivity index (χ2v) is 5.65. The third kappa shape index (κ3) is 2.50. The molecule has 2 aromatic rings. The number of anilines is 1. The van der Waals surface area contributed by atoms with E-state index in [1.807, 2.05) is 12.1 Å². The second-order valence-electron chi connectivity index (χ2n) is 5.65.